The molecule has 3 rings (SSSR count). The number of ether oxygens (including phenoxy) is 1. The first-order valence-corrected chi connectivity index (χ1v) is 6.23. The molecule has 0 aliphatic carbocycles. The molecule has 0 radical (unpaired) electrons. The van der Waals surface area contributed by atoms with Gasteiger partial charge in [-0.25, -0.2) is 4.39 Å². The highest BCUT2D eigenvalue weighted by Crippen LogP contribution is 2.31. The Morgan fingerprint density at radius 1 is 1.33 bits per heavy atom. The summed E-state index contributed by atoms with van der Waals surface area (Å²) in [5.41, 5.74) is 0.197. The first-order valence-electron chi connectivity index (χ1n) is 6.23. The Labute approximate surface area is 104 Å². The van der Waals surface area contributed by atoms with Crippen molar-refractivity contribution in [1.29, 1.82) is 0 Å². The standard InChI is InChI=1S/C14H15FO3/c15-10-5-3-4-9-8-12(18-14(9)10)13(16)11-6-1-2-7-17-11/h3-5,8,11,13,16H,1-2,6-7H2. The molecule has 1 aromatic carbocycles. The van der Waals surface area contributed by atoms with Crippen molar-refractivity contribution in [3.63, 3.8) is 0 Å². The monoisotopic (exact) mass is 250 g/mol. The van der Waals surface area contributed by atoms with E-state index in [1.165, 1.54) is 6.07 Å². The number of hydrogen-bond acceptors (Lipinski definition) is 3. The zero-order valence-corrected chi connectivity index (χ0v) is 9.93. The first-order chi connectivity index (χ1) is 8.75. The van der Waals surface area contributed by atoms with Crippen molar-refractivity contribution in [2.45, 2.75) is 31.5 Å². The molecule has 4 heteroatoms. The zero-order valence-electron chi connectivity index (χ0n) is 9.93. The molecule has 96 valence electrons. The third kappa shape index (κ3) is 2.02. The van der Waals surface area contributed by atoms with Gasteiger partial charge in [0.15, 0.2) is 11.4 Å². The molecule has 2 atom stereocenters. The third-order valence-corrected chi connectivity index (χ3v) is 3.37. The molecule has 0 saturated carbocycles. The van der Waals surface area contributed by atoms with Crippen LogP contribution in [-0.2, 0) is 4.74 Å². The van der Waals surface area contributed by atoms with Crippen molar-refractivity contribution in [3.05, 3.63) is 35.8 Å². The maximum Gasteiger partial charge on any atom is 0.170 e. The highest BCUT2D eigenvalue weighted by atomic mass is 19.1. The topological polar surface area (TPSA) is 42.6 Å². The van der Waals surface area contributed by atoms with Crippen LogP contribution in [0.25, 0.3) is 11.0 Å². The minimum Gasteiger partial charge on any atom is -0.455 e. The highest BCUT2D eigenvalue weighted by Gasteiger charge is 2.27. The largest absolute Gasteiger partial charge is 0.455 e. The summed E-state index contributed by atoms with van der Waals surface area (Å²) < 4.78 is 24.4. The van der Waals surface area contributed by atoms with E-state index in [0.29, 0.717) is 17.8 Å². The van der Waals surface area contributed by atoms with Gasteiger partial charge in [0.1, 0.15) is 11.9 Å². The molecule has 1 aromatic heterocycles. The highest BCUT2D eigenvalue weighted by molar-refractivity contribution is 5.78. The molecule has 1 fully saturated rings. The van der Waals surface area contributed by atoms with E-state index in [2.05, 4.69) is 0 Å². The molecule has 1 aliphatic rings. The number of halogens is 1. The van der Waals surface area contributed by atoms with Gasteiger partial charge in [0.2, 0.25) is 0 Å². The molecule has 0 bridgehead atoms. The lowest BCUT2D eigenvalue weighted by Crippen LogP contribution is -2.26. The van der Waals surface area contributed by atoms with E-state index in [1.807, 2.05) is 0 Å². The lowest BCUT2D eigenvalue weighted by Gasteiger charge is -2.25. The second-order valence-electron chi connectivity index (χ2n) is 4.66. The molecule has 1 N–H and O–H groups in total. The lowest BCUT2D eigenvalue weighted by atomic mass is 10.0. The van der Waals surface area contributed by atoms with Crippen LogP contribution in [-0.4, -0.2) is 17.8 Å². The Morgan fingerprint density at radius 2 is 2.22 bits per heavy atom. The lowest BCUT2D eigenvalue weighted by molar-refractivity contribution is -0.0699. The summed E-state index contributed by atoms with van der Waals surface area (Å²) in [6.45, 7) is 0.663. The third-order valence-electron chi connectivity index (χ3n) is 3.37. The summed E-state index contributed by atoms with van der Waals surface area (Å²) >= 11 is 0. The number of benzene rings is 1. The van der Waals surface area contributed by atoms with E-state index in [9.17, 15) is 9.50 Å². The smallest absolute Gasteiger partial charge is 0.170 e. The van der Waals surface area contributed by atoms with Gasteiger partial charge in [-0.3, -0.25) is 0 Å². The predicted octanol–water partition coefficient (Wildman–Crippen LogP) is 3.17. The molecule has 18 heavy (non-hydrogen) atoms. The minimum absolute atomic E-state index is 0.197. The Kier molecular flexibility index (Phi) is 3.06. The van der Waals surface area contributed by atoms with Crippen LogP contribution in [0.4, 0.5) is 4.39 Å². The summed E-state index contributed by atoms with van der Waals surface area (Å²) in [4.78, 5) is 0. The SMILES string of the molecule is OC(c1cc2cccc(F)c2o1)C1CCCCO1. The van der Waals surface area contributed by atoms with Gasteiger partial charge in [-0.2, -0.15) is 0 Å². The van der Waals surface area contributed by atoms with Crippen LogP contribution in [0.1, 0.15) is 31.1 Å². The number of para-hydroxylation sites is 1. The van der Waals surface area contributed by atoms with Gasteiger partial charge < -0.3 is 14.3 Å². The molecule has 1 saturated heterocycles. The fourth-order valence-electron chi connectivity index (χ4n) is 2.39. The van der Waals surface area contributed by atoms with Crippen molar-refractivity contribution < 1.29 is 18.7 Å². The molecule has 3 nitrogen and oxygen atoms in total. The van der Waals surface area contributed by atoms with Crippen LogP contribution >= 0.6 is 0 Å². The average Bonchev–Trinajstić information content (AvgIpc) is 2.84. The number of furan rings is 1. The predicted molar refractivity (Wildman–Crippen MR) is 64.7 cm³/mol. The first kappa shape index (κ1) is 11.7. The van der Waals surface area contributed by atoms with Crippen molar-refractivity contribution in [2.75, 3.05) is 6.61 Å². The van der Waals surface area contributed by atoms with Gasteiger partial charge in [-0.05, 0) is 31.4 Å². The van der Waals surface area contributed by atoms with Crippen molar-refractivity contribution in [1.82, 2.24) is 0 Å². The summed E-state index contributed by atoms with van der Waals surface area (Å²) in [6.07, 6.45) is 1.80. The molecule has 0 spiro atoms. The maximum atomic E-state index is 13.5. The van der Waals surface area contributed by atoms with Crippen molar-refractivity contribution >= 4 is 11.0 Å². The second-order valence-corrected chi connectivity index (χ2v) is 4.66. The number of hydrogen-bond donors (Lipinski definition) is 1. The summed E-state index contributed by atoms with van der Waals surface area (Å²) in [6, 6.07) is 6.42. The molecule has 1 aliphatic heterocycles. The van der Waals surface area contributed by atoms with Gasteiger partial charge in [-0.1, -0.05) is 12.1 Å². The number of aliphatic hydroxyl groups excluding tert-OH is 1. The van der Waals surface area contributed by atoms with Crippen LogP contribution in [0.5, 0.6) is 0 Å². The number of rotatable bonds is 2. The molecule has 2 heterocycles. The summed E-state index contributed by atoms with van der Waals surface area (Å²) in [5, 5.41) is 10.9. The Morgan fingerprint density at radius 3 is 2.94 bits per heavy atom. The van der Waals surface area contributed by atoms with Gasteiger partial charge in [0, 0.05) is 12.0 Å². The number of aliphatic hydroxyl groups is 1. The number of fused-ring (bicyclic) bond motifs is 1. The van der Waals surface area contributed by atoms with Crippen LogP contribution in [0.2, 0.25) is 0 Å². The Balaban J connectivity index is 1.91. The van der Waals surface area contributed by atoms with E-state index in [1.54, 1.807) is 18.2 Å². The Hall–Kier alpha value is -1.39. The normalized spacial score (nSPS) is 22.2. The molecular formula is C14H15FO3. The molecule has 2 aromatic rings. The average molecular weight is 250 g/mol. The van der Waals surface area contributed by atoms with Crippen LogP contribution in [0, 0.1) is 5.82 Å². The maximum absolute atomic E-state index is 13.5. The zero-order chi connectivity index (χ0) is 12.5. The second kappa shape index (κ2) is 4.71. The van der Waals surface area contributed by atoms with E-state index < -0.39 is 11.9 Å². The van der Waals surface area contributed by atoms with Gasteiger partial charge >= 0.3 is 0 Å². The molecular weight excluding hydrogens is 235 g/mol. The quantitative estimate of drug-likeness (QED) is 0.890. The summed E-state index contributed by atoms with van der Waals surface area (Å²) in [7, 11) is 0. The van der Waals surface area contributed by atoms with Gasteiger partial charge in [-0.15, -0.1) is 0 Å². The van der Waals surface area contributed by atoms with Crippen LogP contribution in [0.15, 0.2) is 28.7 Å². The van der Waals surface area contributed by atoms with Crippen molar-refractivity contribution in [2.24, 2.45) is 0 Å². The fraction of sp³-hybridized carbons (Fsp3) is 0.429. The van der Waals surface area contributed by atoms with Crippen LogP contribution in [0.3, 0.4) is 0 Å². The molecule has 0 amide bonds. The van der Waals surface area contributed by atoms with E-state index >= 15 is 0 Å². The van der Waals surface area contributed by atoms with Gasteiger partial charge in [0.25, 0.3) is 0 Å². The van der Waals surface area contributed by atoms with Crippen LogP contribution < -0.4 is 0 Å². The van der Waals surface area contributed by atoms with E-state index in [0.717, 1.165) is 19.3 Å². The minimum atomic E-state index is -0.822. The van der Waals surface area contributed by atoms with Gasteiger partial charge in [0.05, 0.1) is 6.10 Å². The molecule has 2 unspecified atom stereocenters. The summed E-state index contributed by atoms with van der Waals surface area (Å²) in [5.74, 6) is -0.0301. The van der Waals surface area contributed by atoms with Crippen molar-refractivity contribution in [3.8, 4) is 0 Å². The van der Waals surface area contributed by atoms with E-state index in [-0.39, 0.29) is 11.7 Å². The Bertz CT molecular complexity index is 543. The van der Waals surface area contributed by atoms with E-state index in [4.69, 9.17) is 9.15 Å². The fourth-order valence-corrected chi connectivity index (χ4v) is 2.39.